The molecule has 136 valence electrons. The van der Waals surface area contributed by atoms with E-state index >= 15 is 0 Å². The number of benzene rings is 1. The number of amides is 3. The van der Waals surface area contributed by atoms with Crippen molar-refractivity contribution in [2.75, 3.05) is 37.6 Å². The van der Waals surface area contributed by atoms with Crippen LogP contribution in [0.25, 0.3) is 0 Å². The molecule has 1 aromatic carbocycles. The summed E-state index contributed by atoms with van der Waals surface area (Å²) in [5.74, 6) is -0.249. The lowest BCUT2D eigenvalue weighted by Gasteiger charge is -2.35. The second-order valence-electron chi connectivity index (χ2n) is 7.39. The minimum atomic E-state index is -0.156. The average Bonchev–Trinajstić information content (AvgIpc) is 2.58. The summed E-state index contributed by atoms with van der Waals surface area (Å²) in [6, 6.07) is 7.72. The molecule has 0 atom stereocenters. The second kappa shape index (κ2) is 7.68. The van der Waals surface area contributed by atoms with Gasteiger partial charge in [0.15, 0.2) is 0 Å². The number of nitrogens with zero attached hydrogens (tertiary/aromatic N) is 3. The van der Waals surface area contributed by atoms with E-state index in [-0.39, 0.29) is 23.8 Å². The van der Waals surface area contributed by atoms with E-state index in [1.807, 2.05) is 24.3 Å². The summed E-state index contributed by atoms with van der Waals surface area (Å²) in [5, 5.41) is 0. The smallest absolute Gasteiger partial charge is 0.242 e. The largest absolute Gasteiger partial charge is 0.342 e. The van der Waals surface area contributed by atoms with Crippen molar-refractivity contribution in [3.63, 3.8) is 0 Å². The first-order chi connectivity index (χ1) is 11.7. The summed E-state index contributed by atoms with van der Waals surface area (Å²) in [5.41, 5.74) is 1.68. The van der Waals surface area contributed by atoms with Crippen molar-refractivity contribution in [2.45, 2.75) is 33.1 Å². The summed E-state index contributed by atoms with van der Waals surface area (Å²) in [6.45, 7) is 9.84. The highest BCUT2D eigenvalue weighted by Gasteiger charge is 2.27. The van der Waals surface area contributed by atoms with Crippen molar-refractivity contribution in [2.24, 2.45) is 0 Å². The van der Waals surface area contributed by atoms with Crippen molar-refractivity contribution in [3.05, 3.63) is 29.8 Å². The number of para-hydroxylation sites is 1. The summed E-state index contributed by atoms with van der Waals surface area (Å²) < 4.78 is 0. The summed E-state index contributed by atoms with van der Waals surface area (Å²) in [6.07, 6.45) is 0.809. The van der Waals surface area contributed by atoms with E-state index in [1.54, 1.807) is 14.7 Å². The molecule has 1 fully saturated rings. The van der Waals surface area contributed by atoms with Gasteiger partial charge >= 0.3 is 0 Å². The minimum Gasteiger partial charge on any atom is -0.342 e. The molecular formula is C19H27N3O3. The van der Waals surface area contributed by atoms with Crippen LogP contribution in [-0.4, -0.2) is 60.7 Å². The van der Waals surface area contributed by atoms with Gasteiger partial charge in [-0.1, -0.05) is 39.0 Å². The molecule has 3 amide bonds. The number of carbonyl (C=O) groups is 3. The van der Waals surface area contributed by atoms with E-state index in [9.17, 15) is 14.4 Å². The Labute approximate surface area is 149 Å². The Morgan fingerprint density at radius 1 is 1.12 bits per heavy atom. The molecule has 1 aliphatic rings. The maximum Gasteiger partial charge on any atom is 0.242 e. The van der Waals surface area contributed by atoms with Crippen molar-refractivity contribution >= 4 is 23.9 Å². The van der Waals surface area contributed by atoms with Gasteiger partial charge in [0.2, 0.25) is 18.2 Å². The van der Waals surface area contributed by atoms with Crippen molar-refractivity contribution < 1.29 is 14.4 Å². The van der Waals surface area contributed by atoms with Gasteiger partial charge in [-0.2, -0.15) is 0 Å². The van der Waals surface area contributed by atoms with E-state index in [0.717, 1.165) is 17.7 Å². The zero-order valence-electron chi connectivity index (χ0n) is 15.5. The zero-order chi connectivity index (χ0) is 18.6. The van der Waals surface area contributed by atoms with Crippen molar-refractivity contribution in [3.8, 4) is 0 Å². The third-order valence-corrected chi connectivity index (χ3v) is 4.49. The number of hydrogen-bond acceptors (Lipinski definition) is 3. The van der Waals surface area contributed by atoms with Crippen LogP contribution in [0.3, 0.4) is 0 Å². The fraction of sp³-hybridized carbons (Fsp3) is 0.526. The molecule has 2 rings (SSSR count). The highest BCUT2D eigenvalue weighted by atomic mass is 16.2. The first kappa shape index (κ1) is 19.0. The van der Waals surface area contributed by atoms with Gasteiger partial charge in [-0.05, 0) is 17.0 Å². The van der Waals surface area contributed by atoms with Gasteiger partial charge in [-0.15, -0.1) is 0 Å². The van der Waals surface area contributed by atoms with Crippen LogP contribution >= 0.6 is 0 Å². The normalized spacial score (nSPS) is 15.0. The van der Waals surface area contributed by atoms with Crippen molar-refractivity contribution in [1.82, 2.24) is 9.80 Å². The third kappa shape index (κ3) is 4.59. The Kier molecular flexibility index (Phi) is 5.82. The lowest BCUT2D eigenvalue weighted by atomic mass is 9.85. The third-order valence-electron chi connectivity index (χ3n) is 4.49. The van der Waals surface area contributed by atoms with Crippen LogP contribution in [0.4, 0.5) is 5.69 Å². The topological polar surface area (TPSA) is 60.9 Å². The average molecular weight is 345 g/mol. The molecule has 0 aromatic heterocycles. The monoisotopic (exact) mass is 345 g/mol. The van der Waals surface area contributed by atoms with Crippen LogP contribution < -0.4 is 4.90 Å². The van der Waals surface area contributed by atoms with Crippen LogP contribution in [0.15, 0.2) is 24.3 Å². The number of carbonyl (C=O) groups excluding carboxylic acids is 3. The molecule has 0 aliphatic carbocycles. The molecule has 0 radical (unpaired) electrons. The Morgan fingerprint density at radius 2 is 1.72 bits per heavy atom. The van der Waals surface area contributed by atoms with Gasteiger partial charge in [0.05, 0.1) is 0 Å². The second-order valence-corrected chi connectivity index (χ2v) is 7.39. The molecule has 6 heteroatoms. The van der Waals surface area contributed by atoms with Gasteiger partial charge in [0, 0.05) is 38.8 Å². The molecule has 1 aliphatic heterocycles. The lowest BCUT2D eigenvalue weighted by molar-refractivity contribution is -0.134. The van der Waals surface area contributed by atoms with Crippen molar-refractivity contribution in [1.29, 1.82) is 0 Å². The lowest BCUT2D eigenvalue weighted by Crippen LogP contribution is -2.51. The van der Waals surface area contributed by atoms with Gasteiger partial charge in [0.1, 0.15) is 6.54 Å². The molecule has 0 saturated carbocycles. The predicted molar refractivity (Wildman–Crippen MR) is 97.4 cm³/mol. The molecule has 0 bridgehead atoms. The molecule has 1 saturated heterocycles. The van der Waals surface area contributed by atoms with E-state index in [0.29, 0.717) is 26.2 Å². The predicted octanol–water partition coefficient (Wildman–Crippen LogP) is 1.64. The number of anilines is 1. The van der Waals surface area contributed by atoms with Crippen LogP contribution in [0, 0.1) is 0 Å². The van der Waals surface area contributed by atoms with Gasteiger partial charge in [-0.3, -0.25) is 14.4 Å². The van der Waals surface area contributed by atoms with Crippen LogP contribution in [-0.2, 0) is 19.8 Å². The number of rotatable bonds is 4. The minimum absolute atomic E-state index is 0.0174. The van der Waals surface area contributed by atoms with Crippen LogP contribution in [0.5, 0.6) is 0 Å². The Hall–Kier alpha value is -2.37. The zero-order valence-corrected chi connectivity index (χ0v) is 15.5. The number of piperazine rings is 1. The quantitative estimate of drug-likeness (QED) is 0.780. The molecule has 0 spiro atoms. The van der Waals surface area contributed by atoms with Crippen LogP contribution in [0.1, 0.15) is 33.3 Å². The Morgan fingerprint density at radius 3 is 2.24 bits per heavy atom. The maximum absolute atomic E-state index is 12.7. The first-order valence-electron chi connectivity index (χ1n) is 8.59. The van der Waals surface area contributed by atoms with E-state index in [2.05, 4.69) is 20.8 Å². The molecule has 0 N–H and O–H groups in total. The molecule has 1 aromatic rings. The van der Waals surface area contributed by atoms with Gasteiger partial charge < -0.3 is 14.7 Å². The molecule has 6 nitrogen and oxygen atoms in total. The van der Waals surface area contributed by atoms with E-state index < -0.39 is 0 Å². The highest BCUT2D eigenvalue weighted by Crippen LogP contribution is 2.32. The standard InChI is InChI=1S/C19H27N3O3/c1-15(24)22(17-8-6-5-7-16(17)19(2,3)4)13-18(25)21-11-9-20(14-23)10-12-21/h5-8,14H,9-13H2,1-4H3. The number of hydrogen-bond donors (Lipinski definition) is 0. The highest BCUT2D eigenvalue weighted by molar-refractivity contribution is 5.98. The summed E-state index contributed by atoms with van der Waals surface area (Å²) >= 11 is 0. The van der Waals surface area contributed by atoms with Gasteiger partial charge in [0.25, 0.3) is 0 Å². The Bertz CT molecular complexity index is 644. The summed E-state index contributed by atoms with van der Waals surface area (Å²) in [4.78, 5) is 40.6. The van der Waals surface area contributed by atoms with E-state index in [4.69, 9.17) is 0 Å². The molecule has 1 heterocycles. The summed E-state index contributed by atoms with van der Waals surface area (Å²) in [7, 11) is 0. The molecule has 0 unspecified atom stereocenters. The van der Waals surface area contributed by atoms with E-state index in [1.165, 1.54) is 6.92 Å². The molecule has 25 heavy (non-hydrogen) atoms. The Balaban J connectivity index is 2.19. The SMILES string of the molecule is CC(=O)N(CC(=O)N1CCN(C=O)CC1)c1ccccc1C(C)(C)C. The fourth-order valence-electron chi connectivity index (χ4n) is 3.02. The van der Waals surface area contributed by atoms with Crippen LogP contribution in [0.2, 0.25) is 0 Å². The fourth-order valence-corrected chi connectivity index (χ4v) is 3.02. The van der Waals surface area contributed by atoms with Gasteiger partial charge in [-0.25, -0.2) is 0 Å². The molecular weight excluding hydrogens is 318 g/mol. The first-order valence-corrected chi connectivity index (χ1v) is 8.59. The maximum atomic E-state index is 12.7.